The summed E-state index contributed by atoms with van der Waals surface area (Å²) in [5.41, 5.74) is 4.63. The summed E-state index contributed by atoms with van der Waals surface area (Å²) in [6.45, 7) is 8.93. The first-order valence-electron chi connectivity index (χ1n) is 10.8. The molecule has 33 heavy (non-hydrogen) atoms. The number of amides is 1. The number of aromatic nitrogens is 2. The van der Waals surface area contributed by atoms with Gasteiger partial charge in [-0.05, 0) is 55.3 Å². The van der Waals surface area contributed by atoms with E-state index in [0.717, 1.165) is 40.2 Å². The number of hydrogen-bond acceptors (Lipinski definition) is 5. The quantitative estimate of drug-likeness (QED) is 0.226. The minimum Gasteiger partial charge on any atom is -0.494 e. The molecule has 0 N–H and O–H groups in total. The van der Waals surface area contributed by atoms with Crippen LogP contribution >= 0.6 is 24.0 Å². The third kappa shape index (κ3) is 4.94. The highest BCUT2D eigenvalue weighted by atomic mass is 32.2. The van der Waals surface area contributed by atoms with Crippen LogP contribution in [0.5, 0.6) is 5.75 Å². The Bertz CT molecular complexity index is 1230. The SMILES string of the molecule is C=CCN1C(=O)/C(=C/c2cn(-c3ccccc3)nc2-c2ccc(OCCC)cc2C)SC1=S. The predicted octanol–water partition coefficient (Wildman–Crippen LogP) is 6.02. The largest absolute Gasteiger partial charge is 0.494 e. The van der Waals surface area contributed by atoms with E-state index in [4.69, 9.17) is 22.1 Å². The van der Waals surface area contributed by atoms with Crippen molar-refractivity contribution >= 4 is 40.3 Å². The topological polar surface area (TPSA) is 47.4 Å². The minimum absolute atomic E-state index is 0.108. The van der Waals surface area contributed by atoms with Crippen molar-refractivity contribution in [2.24, 2.45) is 0 Å². The van der Waals surface area contributed by atoms with E-state index in [1.807, 2.05) is 72.4 Å². The molecule has 1 aliphatic rings. The molecule has 0 radical (unpaired) electrons. The summed E-state index contributed by atoms with van der Waals surface area (Å²) >= 11 is 6.70. The van der Waals surface area contributed by atoms with E-state index in [9.17, 15) is 4.79 Å². The number of carbonyl (C=O) groups excluding carboxylic acids is 1. The molecule has 0 saturated carbocycles. The van der Waals surface area contributed by atoms with Crippen LogP contribution in [0.1, 0.15) is 24.5 Å². The Labute approximate surface area is 203 Å². The molecule has 3 aromatic rings. The predicted molar refractivity (Wildman–Crippen MR) is 140 cm³/mol. The molecule has 4 rings (SSSR count). The maximum absolute atomic E-state index is 12.9. The van der Waals surface area contributed by atoms with Crippen LogP contribution < -0.4 is 4.74 Å². The first-order valence-corrected chi connectivity index (χ1v) is 12.0. The van der Waals surface area contributed by atoms with E-state index in [0.29, 0.717) is 22.4 Å². The number of para-hydroxylation sites is 1. The molecule has 2 aromatic carbocycles. The molecule has 1 amide bonds. The normalized spacial score (nSPS) is 14.8. The lowest BCUT2D eigenvalue weighted by Crippen LogP contribution is -2.27. The number of thioether (sulfide) groups is 1. The summed E-state index contributed by atoms with van der Waals surface area (Å²) in [5, 5.41) is 4.89. The van der Waals surface area contributed by atoms with Crippen LogP contribution in [0.25, 0.3) is 23.0 Å². The van der Waals surface area contributed by atoms with Crippen molar-refractivity contribution in [1.82, 2.24) is 14.7 Å². The van der Waals surface area contributed by atoms with Gasteiger partial charge < -0.3 is 4.74 Å². The van der Waals surface area contributed by atoms with Gasteiger partial charge in [0.15, 0.2) is 0 Å². The Kier molecular flexibility index (Phi) is 7.11. The lowest BCUT2D eigenvalue weighted by Gasteiger charge is -2.10. The van der Waals surface area contributed by atoms with Crippen LogP contribution in [0.15, 0.2) is 72.3 Å². The number of benzene rings is 2. The first-order chi connectivity index (χ1) is 16.0. The molecular formula is C26H25N3O2S2. The number of rotatable bonds is 8. The number of thiocarbonyl (C=S) groups is 1. The number of carbonyl (C=O) groups is 1. The van der Waals surface area contributed by atoms with E-state index in [2.05, 4.69) is 13.5 Å². The van der Waals surface area contributed by atoms with Gasteiger partial charge >= 0.3 is 0 Å². The van der Waals surface area contributed by atoms with Crippen LogP contribution in [0.4, 0.5) is 0 Å². The van der Waals surface area contributed by atoms with Crippen molar-refractivity contribution in [2.45, 2.75) is 20.3 Å². The van der Waals surface area contributed by atoms with Gasteiger partial charge in [0, 0.05) is 23.9 Å². The number of nitrogens with zero attached hydrogens (tertiary/aromatic N) is 3. The Morgan fingerprint density at radius 1 is 1.21 bits per heavy atom. The van der Waals surface area contributed by atoms with Crippen molar-refractivity contribution in [3.8, 4) is 22.7 Å². The van der Waals surface area contributed by atoms with Crippen LogP contribution in [-0.2, 0) is 4.79 Å². The van der Waals surface area contributed by atoms with Crippen molar-refractivity contribution in [1.29, 1.82) is 0 Å². The molecule has 0 aliphatic carbocycles. The highest BCUT2D eigenvalue weighted by Gasteiger charge is 2.31. The Hall–Kier alpha value is -3.16. The zero-order valence-electron chi connectivity index (χ0n) is 18.7. The summed E-state index contributed by atoms with van der Waals surface area (Å²) in [7, 11) is 0. The van der Waals surface area contributed by atoms with E-state index >= 15 is 0 Å². The second kappa shape index (κ2) is 10.2. The lowest BCUT2D eigenvalue weighted by atomic mass is 10.0. The molecule has 0 atom stereocenters. The molecule has 0 unspecified atom stereocenters. The van der Waals surface area contributed by atoms with Crippen LogP contribution in [0, 0.1) is 6.92 Å². The summed E-state index contributed by atoms with van der Waals surface area (Å²) in [6.07, 6.45) is 6.46. The van der Waals surface area contributed by atoms with Crippen molar-refractivity contribution in [2.75, 3.05) is 13.2 Å². The Morgan fingerprint density at radius 3 is 2.70 bits per heavy atom. The first kappa shape index (κ1) is 23.0. The van der Waals surface area contributed by atoms with Gasteiger partial charge in [-0.15, -0.1) is 6.58 Å². The molecule has 1 aromatic heterocycles. The van der Waals surface area contributed by atoms with Gasteiger partial charge in [-0.2, -0.15) is 5.10 Å². The van der Waals surface area contributed by atoms with Gasteiger partial charge in [-0.25, -0.2) is 4.68 Å². The average Bonchev–Trinajstić information content (AvgIpc) is 3.35. The fourth-order valence-corrected chi connectivity index (χ4v) is 4.82. The third-order valence-electron chi connectivity index (χ3n) is 5.16. The van der Waals surface area contributed by atoms with Gasteiger partial charge in [0.05, 0.1) is 17.2 Å². The summed E-state index contributed by atoms with van der Waals surface area (Å²) in [5.74, 6) is 0.732. The zero-order chi connectivity index (χ0) is 23.4. The number of aryl methyl sites for hydroxylation is 1. The molecule has 5 nitrogen and oxygen atoms in total. The second-order valence-electron chi connectivity index (χ2n) is 7.62. The van der Waals surface area contributed by atoms with Gasteiger partial charge in [0.1, 0.15) is 15.8 Å². The van der Waals surface area contributed by atoms with Gasteiger partial charge in [0.2, 0.25) is 0 Å². The van der Waals surface area contributed by atoms with Gasteiger partial charge in [0.25, 0.3) is 5.91 Å². The molecule has 2 heterocycles. The molecule has 1 fully saturated rings. The van der Waals surface area contributed by atoms with E-state index < -0.39 is 0 Å². The average molecular weight is 476 g/mol. The Balaban J connectivity index is 1.79. The van der Waals surface area contributed by atoms with Gasteiger partial charge in [-0.1, -0.05) is 55.2 Å². The molecule has 1 aliphatic heterocycles. The highest BCUT2D eigenvalue weighted by molar-refractivity contribution is 8.26. The highest BCUT2D eigenvalue weighted by Crippen LogP contribution is 2.36. The molecular weight excluding hydrogens is 450 g/mol. The second-order valence-corrected chi connectivity index (χ2v) is 9.30. The Morgan fingerprint density at radius 2 is 2.00 bits per heavy atom. The maximum atomic E-state index is 12.9. The fourth-order valence-electron chi connectivity index (χ4n) is 3.55. The molecule has 1 saturated heterocycles. The molecule has 7 heteroatoms. The van der Waals surface area contributed by atoms with Crippen LogP contribution in [0.3, 0.4) is 0 Å². The standard InChI is InChI=1S/C26H25N3O2S2/c1-4-13-28-25(30)23(33-26(28)32)16-19-17-29(20-9-7-6-8-10-20)27-24(19)22-12-11-21(15-18(22)3)31-14-5-2/h4,6-12,15-17H,1,5,13-14H2,2-3H3/b23-16-. The van der Waals surface area contributed by atoms with Crippen molar-refractivity contribution in [3.05, 3.63) is 83.4 Å². The van der Waals surface area contributed by atoms with E-state index in [-0.39, 0.29) is 5.91 Å². The minimum atomic E-state index is -0.108. The summed E-state index contributed by atoms with van der Waals surface area (Å²) in [6, 6.07) is 15.9. The molecule has 0 bridgehead atoms. The van der Waals surface area contributed by atoms with Crippen LogP contribution in [0.2, 0.25) is 0 Å². The molecule has 168 valence electrons. The monoisotopic (exact) mass is 475 g/mol. The van der Waals surface area contributed by atoms with Crippen LogP contribution in [-0.4, -0.2) is 38.1 Å². The molecule has 0 spiro atoms. The lowest BCUT2D eigenvalue weighted by molar-refractivity contribution is -0.121. The summed E-state index contributed by atoms with van der Waals surface area (Å²) in [4.78, 5) is 15.0. The zero-order valence-corrected chi connectivity index (χ0v) is 20.3. The van der Waals surface area contributed by atoms with E-state index in [1.165, 1.54) is 11.8 Å². The summed E-state index contributed by atoms with van der Waals surface area (Å²) < 4.78 is 8.16. The van der Waals surface area contributed by atoms with Crippen molar-refractivity contribution in [3.63, 3.8) is 0 Å². The van der Waals surface area contributed by atoms with Crippen molar-refractivity contribution < 1.29 is 9.53 Å². The maximum Gasteiger partial charge on any atom is 0.266 e. The smallest absolute Gasteiger partial charge is 0.266 e. The van der Waals surface area contributed by atoms with Gasteiger partial charge in [-0.3, -0.25) is 9.69 Å². The number of ether oxygens (including phenoxy) is 1. The third-order valence-corrected chi connectivity index (χ3v) is 6.54. The number of hydrogen-bond donors (Lipinski definition) is 0. The fraction of sp³-hybridized carbons (Fsp3) is 0.192. The van der Waals surface area contributed by atoms with E-state index in [1.54, 1.807) is 11.0 Å².